The molecule has 2 aromatic rings. The molecule has 1 aromatic heterocycles. The van der Waals surface area contributed by atoms with Crippen molar-refractivity contribution in [3.8, 4) is 5.75 Å². The molecule has 0 atom stereocenters. The smallest absolute Gasteiger partial charge is 0.119 e. The van der Waals surface area contributed by atoms with Gasteiger partial charge in [-0.1, -0.05) is 12.1 Å². The first-order valence-corrected chi connectivity index (χ1v) is 6.20. The van der Waals surface area contributed by atoms with E-state index < -0.39 is 0 Å². The number of hydrogen-bond donors (Lipinski definition) is 1. The van der Waals surface area contributed by atoms with Gasteiger partial charge in [-0.2, -0.15) is 5.10 Å². The van der Waals surface area contributed by atoms with Crippen molar-refractivity contribution in [1.29, 1.82) is 0 Å². The molecule has 0 bridgehead atoms. The van der Waals surface area contributed by atoms with Crippen LogP contribution in [0.1, 0.15) is 17.7 Å². The van der Waals surface area contributed by atoms with E-state index in [1.54, 1.807) is 0 Å². The number of ether oxygens (including phenoxy) is 1. The van der Waals surface area contributed by atoms with Gasteiger partial charge >= 0.3 is 0 Å². The Labute approximate surface area is 107 Å². The Balaban J connectivity index is 1.73. The van der Waals surface area contributed by atoms with E-state index in [2.05, 4.69) is 12.0 Å². The second kappa shape index (κ2) is 6.21. The minimum Gasteiger partial charge on any atom is -0.494 e. The Morgan fingerprint density at radius 3 is 2.61 bits per heavy atom. The normalized spacial score (nSPS) is 10.6. The van der Waals surface area contributed by atoms with Crippen molar-refractivity contribution in [3.05, 3.63) is 47.8 Å². The molecule has 4 nitrogen and oxygen atoms in total. The minimum absolute atomic E-state index is 0.568. The van der Waals surface area contributed by atoms with Gasteiger partial charge in [0.25, 0.3) is 0 Å². The molecule has 18 heavy (non-hydrogen) atoms. The number of rotatable bonds is 6. The van der Waals surface area contributed by atoms with Crippen LogP contribution >= 0.6 is 0 Å². The monoisotopic (exact) mass is 245 g/mol. The lowest BCUT2D eigenvalue weighted by Gasteiger charge is -2.07. The Kier molecular flexibility index (Phi) is 4.36. The highest BCUT2D eigenvalue weighted by molar-refractivity contribution is 5.26. The van der Waals surface area contributed by atoms with Crippen LogP contribution in [0.5, 0.6) is 5.75 Å². The first-order valence-electron chi connectivity index (χ1n) is 6.20. The average Bonchev–Trinajstić information content (AvgIpc) is 2.81. The summed E-state index contributed by atoms with van der Waals surface area (Å²) in [4.78, 5) is 0. The summed E-state index contributed by atoms with van der Waals surface area (Å²) in [5.41, 5.74) is 7.84. The molecule has 1 heterocycles. The van der Waals surface area contributed by atoms with Crippen molar-refractivity contribution in [3.63, 3.8) is 0 Å². The highest BCUT2D eigenvalue weighted by Gasteiger charge is 1.98. The largest absolute Gasteiger partial charge is 0.494 e. The first-order chi connectivity index (χ1) is 8.79. The molecule has 0 unspecified atom stereocenters. The first kappa shape index (κ1) is 12.6. The molecule has 0 fully saturated rings. The van der Waals surface area contributed by atoms with E-state index in [0.717, 1.165) is 24.3 Å². The highest BCUT2D eigenvalue weighted by Crippen LogP contribution is 2.12. The van der Waals surface area contributed by atoms with Gasteiger partial charge in [0.15, 0.2) is 0 Å². The van der Waals surface area contributed by atoms with Gasteiger partial charge in [0.2, 0.25) is 0 Å². The lowest BCUT2D eigenvalue weighted by molar-refractivity contribution is 0.298. The Morgan fingerprint density at radius 1 is 1.22 bits per heavy atom. The van der Waals surface area contributed by atoms with Crippen LogP contribution in [-0.4, -0.2) is 16.4 Å². The van der Waals surface area contributed by atoms with Crippen LogP contribution in [0.15, 0.2) is 36.5 Å². The number of nitrogens with two attached hydrogens (primary N) is 1. The molecule has 0 saturated heterocycles. The Morgan fingerprint density at radius 2 is 2.00 bits per heavy atom. The summed E-state index contributed by atoms with van der Waals surface area (Å²) in [5.74, 6) is 0.893. The van der Waals surface area contributed by atoms with Crippen molar-refractivity contribution in [2.45, 2.75) is 26.4 Å². The summed E-state index contributed by atoms with van der Waals surface area (Å²) >= 11 is 0. The molecular formula is C14H19N3O. The van der Waals surface area contributed by atoms with Gasteiger partial charge in [-0.3, -0.25) is 4.68 Å². The van der Waals surface area contributed by atoms with Crippen molar-refractivity contribution < 1.29 is 4.74 Å². The summed E-state index contributed by atoms with van der Waals surface area (Å²) in [5, 5.41) is 4.23. The summed E-state index contributed by atoms with van der Waals surface area (Å²) in [7, 11) is 0. The zero-order chi connectivity index (χ0) is 12.8. The molecule has 0 aliphatic rings. The van der Waals surface area contributed by atoms with Gasteiger partial charge in [0, 0.05) is 31.4 Å². The molecule has 0 aliphatic carbocycles. The third kappa shape index (κ3) is 3.34. The predicted octanol–water partition coefficient (Wildman–Crippen LogP) is 2.12. The number of benzene rings is 1. The van der Waals surface area contributed by atoms with Gasteiger partial charge in [-0.05, 0) is 30.7 Å². The lowest BCUT2D eigenvalue weighted by atomic mass is 10.2. The molecule has 0 amide bonds. The molecule has 0 aliphatic heterocycles. The van der Waals surface area contributed by atoms with E-state index in [-0.39, 0.29) is 0 Å². The molecule has 0 spiro atoms. The van der Waals surface area contributed by atoms with Crippen molar-refractivity contribution in [1.82, 2.24) is 9.78 Å². The van der Waals surface area contributed by atoms with E-state index in [1.165, 1.54) is 5.69 Å². The van der Waals surface area contributed by atoms with Gasteiger partial charge in [0.1, 0.15) is 5.75 Å². The van der Waals surface area contributed by atoms with E-state index in [4.69, 9.17) is 10.5 Å². The van der Waals surface area contributed by atoms with E-state index in [9.17, 15) is 0 Å². The van der Waals surface area contributed by atoms with Gasteiger partial charge in [-0.15, -0.1) is 0 Å². The summed E-state index contributed by atoms with van der Waals surface area (Å²) < 4.78 is 7.65. The topological polar surface area (TPSA) is 53.1 Å². The maximum Gasteiger partial charge on any atom is 0.119 e. The lowest BCUT2D eigenvalue weighted by Crippen LogP contribution is -2.07. The second-order valence-corrected chi connectivity index (χ2v) is 4.25. The standard InChI is InChI=1S/C14H19N3O/c1-12-7-8-16-17(12)9-2-10-18-14-5-3-13(11-15)4-6-14/h3-8H,2,9-11,15H2,1H3. The molecule has 4 heteroatoms. The van der Waals surface area contributed by atoms with Crippen molar-refractivity contribution in [2.75, 3.05) is 6.61 Å². The molecule has 0 saturated carbocycles. The average molecular weight is 245 g/mol. The van der Waals surface area contributed by atoms with E-state index >= 15 is 0 Å². The highest BCUT2D eigenvalue weighted by atomic mass is 16.5. The Bertz CT molecular complexity index is 476. The third-order valence-electron chi connectivity index (χ3n) is 2.87. The predicted molar refractivity (Wildman–Crippen MR) is 71.4 cm³/mol. The van der Waals surface area contributed by atoms with Gasteiger partial charge in [0.05, 0.1) is 6.61 Å². The van der Waals surface area contributed by atoms with Crippen molar-refractivity contribution >= 4 is 0 Å². The number of aromatic nitrogens is 2. The molecule has 0 radical (unpaired) electrons. The van der Waals surface area contributed by atoms with Crippen LogP contribution in [0.4, 0.5) is 0 Å². The van der Waals surface area contributed by atoms with Gasteiger partial charge in [-0.25, -0.2) is 0 Å². The second-order valence-electron chi connectivity index (χ2n) is 4.25. The SMILES string of the molecule is Cc1ccnn1CCCOc1ccc(CN)cc1. The minimum atomic E-state index is 0.568. The third-order valence-corrected chi connectivity index (χ3v) is 2.87. The zero-order valence-corrected chi connectivity index (χ0v) is 10.7. The fraction of sp³-hybridized carbons (Fsp3) is 0.357. The molecule has 1 aromatic carbocycles. The van der Waals surface area contributed by atoms with Crippen LogP contribution < -0.4 is 10.5 Å². The van der Waals surface area contributed by atoms with Crippen LogP contribution in [0.25, 0.3) is 0 Å². The molecular weight excluding hydrogens is 226 g/mol. The number of nitrogens with zero attached hydrogens (tertiary/aromatic N) is 2. The molecule has 2 N–H and O–H groups in total. The zero-order valence-electron chi connectivity index (χ0n) is 10.7. The van der Waals surface area contributed by atoms with E-state index in [1.807, 2.05) is 41.2 Å². The fourth-order valence-corrected chi connectivity index (χ4v) is 1.76. The maximum absolute atomic E-state index is 5.66. The summed E-state index contributed by atoms with van der Waals surface area (Å²) in [6.07, 6.45) is 2.77. The summed E-state index contributed by atoms with van der Waals surface area (Å²) in [6.45, 7) is 4.21. The quantitative estimate of drug-likeness (QED) is 0.793. The van der Waals surface area contributed by atoms with E-state index in [0.29, 0.717) is 13.2 Å². The van der Waals surface area contributed by atoms with Crippen LogP contribution in [-0.2, 0) is 13.1 Å². The maximum atomic E-state index is 5.66. The number of hydrogen-bond acceptors (Lipinski definition) is 3. The Hall–Kier alpha value is -1.81. The molecule has 96 valence electrons. The van der Waals surface area contributed by atoms with Crippen LogP contribution in [0.2, 0.25) is 0 Å². The van der Waals surface area contributed by atoms with Crippen LogP contribution in [0.3, 0.4) is 0 Å². The summed E-state index contributed by atoms with van der Waals surface area (Å²) in [6, 6.07) is 9.91. The number of aryl methyl sites for hydroxylation is 2. The van der Waals surface area contributed by atoms with Crippen LogP contribution in [0, 0.1) is 6.92 Å². The van der Waals surface area contributed by atoms with Crippen molar-refractivity contribution in [2.24, 2.45) is 5.73 Å². The molecule has 2 rings (SSSR count). The van der Waals surface area contributed by atoms with Gasteiger partial charge < -0.3 is 10.5 Å². The fourth-order valence-electron chi connectivity index (χ4n) is 1.76.